The largest absolute Gasteiger partial charge is 0.497 e. The molecule has 9 heteroatoms. The Kier molecular flexibility index (Phi) is 5.93. The first kappa shape index (κ1) is 21.3. The summed E-state index contributed by atoms with van der Waals surface area (Å²) < 4.78 is 5.26. The smallest absolute Gasteiger partial charge is 0.325 e. The molecule has 0 aliphatic carbocycles. The number of aliphatic imine (C=N–C) groups is 1. The lowest BCUT2D eigenvalue weighted by Gasteiger charge is -2.41. The van der Waals surface area contributed by atoms with Crippen molar-refractivity contribution in [3.05, 3.63) is 24.3 Å². The highest BCUT2D eigenvalue weighted by atomic mass is 16.5. The maximum absolute atomic E-state index is 12.7. The number of carbonyl (C=O) groups excluding carboxylic acids is 2. The Morgan fingerprint density at radius 3 is 2.35 bits per heavy atom. The third kappa shape index (κ3) is 4.13. The number of imide groups is 1. The molecule has 1 aromatic carbocycles. The minimum absolute atomic E-state index is 0.257. The SMILES string of the molecule is COc1ccc(N2CCN(C3=NC4C(C(=O)NC(=O)N4C)N3CCC(C)C)CC2)cc1. The number of benzene rings is 1. The molecule has 0 spiro atoms. The number of hydrogen-bond donors (Lipinski definition) is 1. The lowest BCUT2D eigenvalue weighted by Crippen LogP contribution is -2.64. The summed E-state index contributed by atoms with van der Waals surface area (Å²) in [7, 11) is 3.37. The monoisotopic (exact) mass is 428 g/mol. The third-order valence-corrected chi connectivity index (χ3v) is 6.29. The molecule has 2 atom stereocenters. The molecule has 2 fully saturated rings. The molecule has 31 heavy (non-hydrogen) atoms. The average Bonchev–Trinajstić information content (AvgIpc) is 3.16. The Bertz CT molecular complexity index is 847. The number of ether oxygens (including phenoxy) is 1. The number of piperazine rings is 1. The van der Waals surface area contributed by atoms with Crippen LogP contribution in [0.2, 0.25) is 0 Å². The number of hydrogen-bond acceptors (Lipinski definition) is 7. The first-order valence-corrected chi connectivity index (χ1v) is 10.9. The van der Waals surface area contributed by atoms with Crippen LogP contribution in [0.4, 0.5) is 10.5 Å². The van der Waals surface area contributed by atoms with E-state index in [0.717, 1.165) is 50.9 Å². The van der Waals surface area contributed by atoms with Crippen LogP contribution in [0.25, 0.3) is 0 Å². The number of likely N-dealkylation sites (N-methyl/N-ethyl adjacent to an activating group) is 1. The van der Waals surface area contributed by atoms with Crippen LogP contribution in [-0.2, 0) is 4.79 Å². The number of nitrogens with one attached hydrogen (secondary N) is 1. The van der Waals surface area contributed by atoms with Crippen LogP contribution >= 0.6 is 0 Å². The summed E-state index contributed by atoms with van der Waals surface area (Å²) in [4.78, 5) is 37.9. The first-order valence-electron chi connectivity index (χ1n) is 10.9. The third-order valence-electron chi connectivity index (χ3n) is 6.29. The number of fused-ring (bicyclic) bond motifs is 1. The summed E-state index contributed by atoms with van der Waals surface area (Å²) in [5, 5.41) is 2.48. The van der Waals surface area contributed by atoms with Crippen LogP contribution in [0.3, 0.4) is 0 Å². The average molecular weight is 429 g/mol. The van der Waals surface area contributed by atoms with E-state index in [2.05, 4.69) is 46.0 Å². The number of guanidine groups is 1. The zero-order valence-corrected chi connectivity index (χ0v) is 18.7. The normalized spacial score (nSPS) is 23.8. The topological polar surface area (TPSA) is 80.7 Å². The zero-order valence-electron chi connectivity index (χ0n) is 18.7. The first-order chi connectivity index (χ1) is 14.9. The Balaban J connectivity index is 1.49. The molecule has 3 aliphatic heterocycles. The van der Waals surface area contributed by atoms with Gasteiger partial charge >= 0.3 is 6.03 Å². The van der Waals surface area contributed by atoms with Crippen LogP contribution in [0.5, 0.6) is 5.75 Å². The number of nitrogens with zero attached hydrogens (tertiary/aromatic N) is 5. The molecule has 2 saturated heterocycles. The van der Waals surface area contributed by atoms with Gasteiger partial charge in [0, 0.05) is 45.5 Å². The predicted octanol–water partition coefficient (Wildman–Crippen LogP) is 1.41. The number of rotatable bonds is 5. The molecule has 4 rings (SSSR count). The van der Waals surface area contributed by atoms with E-state index in [1.807, 2.05) is 12.1 Å². The van der Waals surface area contributed by atoms with E-state index in [9.17, 15) is 9.59 Å². The van der Waals surface area contributed by atoms with Crippen LogP contribution in [0.15, 0.2) is 29.3 Å². The van der Waals surface area contributed by atoms with Crippen molar-refractivity contribution < 1.29 is 14.3 Å². The maximum Gasteiger partial charge on any atom is 0.325 e. The van der Waals surface area contributed by atoms with Gasteiger partial charge in [-0.25, -0.2) is 9.79 Å². The van der Waals surface area contributed by atoms with Gasteiger partial charge in [0.2, 0.25) is 0 Å². The van der Waals surface area contributed by atoms with Crippen molar-refractivity contribution in [3.8, 4) is 5.75 Å². The lowest BCUT2D eigenvalue weighted by atomic mass is 10.1. The van der Waals surface area contributed by atoms with E-state index in [-0.39, 0.29) is 11.9 Å². The van der Waals surface area contributed by atoms with Crippen molar-refractivity contribution in [3.63, 3.8) is 0 Å². The van der Waals surface area contributed by atoms with Gasteiger partial charge in [-0.3, -0.25) is 10.1 Å². The fourth-order valence-electron chi connectivity index (χ4n) is 4.37. The second-order valence-electron chi connectivity index (χ2n) is 8.74. The van der Waals surface area contributed by atoms with E-state index in [1.165, 1.54) is 10.6 Å². The van der Waals surface area contributed by atoms with E-state index < -0.39 is 12.2 Å². The molecule has 3 amide bonds. The van der Waals surface area contributed by atoms with Gasteiger partial charge in [0.25, 0.3) is 5.91 Å². The van der Waals surface area contributed by atoms with Gasteiger partial charge in [0.05, 0.1) is 7.11 Å². The van der Waals surface area contributed by atoms with Crippen molar-refractivity contribution >= 4 is 23.6 Å². The molecule has 0 saturated carbocycles. The zero-order chi connectivity index (χ0) is 22.1. The molecule has 0 bridgehead atoms. The molecular weight excluding hydrogens is 396 g/mol. The summed E-state index contributed by atoms with van der Waals surface area (Å²) in [5.74, 6) is 1.94. The number of urea groups is 1. The molecular formula is C22H32N6O3. The number of carbonyl (C=O) groups is 2. The summed E-state index contributed by atoms with van der Waals surface area (Å²) in [6.07, 6.45) is 0.488. The van der Waals surface area contributed by atoms with Gasteiger partial charge < -0.3 is 24.3 Å². The number of methoxy groups -OCH3 is 1. The van der Waals surface area contributed by atoms with Crippen molar-refractivity contribution in [2.24, 2.45) is 10.9 Å². The van der Waals surface area contributed by atoms with E-state index in [4.69, 9.17) is 9.73 Å². The quantitative estimate of drug-likeness (QED) is 0.764. The van der Waals surface area contributed by atoms with Gasteiger partial charge in [0.1, 0.15) is 5.75 Å². The van der Waals surface area contributed by atoms with Crippen molar-refractivity contribution in [2.75, 3.05) is 51.8 Å². The van der Waals surface area contributed by atoms with Crippen LogP contribution in [0.1, 0.15) is 20.3 Å². The highest BCUT2D eigenvalue weighted by Crippen LogP contribution is 2.27. The summed E-state index contributed by atoms with van der Waals surface area (Å²) in [5.41, 5.74) is 1.17. The summed E-state index contributed by atoms with van der Waals surface area (Å²) in [6.45, 7) is 8.43. The second kappa shape index (κ2) is 8.64. The van der Waals surface area contributed by atoms with Gasteiger partial charge in [0.15, 0.2) is 18.2 Å². The molecule has 168 valence electrons. The molecule has 0 radical (unpaired) electrons. The molecule has 3 heterocycles. The van der Waals surface area contributed by atoms with Crippen LogP contribution in [-0.4, -0.2) is 91.7 Å². The van der Waals surface area contributed by atoms with Crippen LogP contribution < -0.4 is 15.0 Å². The van der Waals surface area contributed by atoms with E-state index >= 15 is 0 Å². The summed E-state index contributed by atoms with van der Waals surface area (Å²) >= 11 is 0. The predicted molar refractivity (Wildman–Crippen MR) is 119 cm³/mol. The van der Waals surface area contributed by atoms with Gasteiger partial charge in [-0.2, -0.15) is 0 Å². The molecule has 2 unspecified atom stereocenters. The van der Waals surface area contributed by atoms with E-state index in [1.54, 1.807) is 14.2 Å². The maximum atomic E-state index is 12.7. The highest BCUT2D eigenvalue weighted by Gasteiger charge is 2.49. The Morgan fingerprint density at radius 2 is 1.74 bits per heavy atom. The molecule has 1 aromatic rings. The van der Waals surface area contributed by atoms with Crippen molar-refractivity contribution in [2.45, 2.75) is 32.5 Å². The Labute approximate surface area is 183 Å². The molecule has 1 N–H and O–H groups in total. The lowest BCUT2D eigenvalue weighted by molar-refractivity contribution is -0.127. The van der Waals surface area contributed by atoms with Gasteiger partial charge in [-0.05, 0) is 36.6 Å². The van der Waals surface area contributed by atoms with Crippen molar-refractivity contribution in [1.29, 1.82) is 0 Å². The molecule has 0 aromatic heterocycles. The minimum Gasteiger partial charge on any atom is -0.497 e. The highest BCUT2D eigenvalue weighted by molar-refractivity contribution is 6.03. The van der Waals surface area contributed by atoms with E-state index in [0.29, 0.717) is 5.92 Å². The fourth-order valence-corrected chi connectivity index (χ4v) is 4.37. The van der Waals surface area contributed by atoms with Gasteiger partial charge in [-0.1, -0.05) is 13.8 Å². The Morgan fingerprint density at radius 1 is 1.10 bits per heavy atom. The Hall–Kier alpha value is -2.97. The second-order valence-corrected chi connectivity index (χ2v) is 8.74. The standard InChI is InChI=1S/C22H32N6O3/c1-15(2)9-10-28-18-19(25(3)22(30)24-20(18)29)23-21(28)27-13-11-26(12-14-27)16-5-7-17(31-4)8-6-16/h5-8,15,18-19H,9-14H2,1-4H3,(H,24,29,30). The molecule has 9 nitrogen and oxygen atoms in total. The fraction of sp³-hybridized carbons (Fsp3) is 0.591. The van der Waals surface area contributed by atoms with Crippen molar-refractivity contribution in [1.82, 2.24) is 20.0 Å². The van der Waals surface area contributed by atoms with Gasteiger partial charge in [-0.15, -0.1) is 0 Å². The molecule has 3 aliphatic rings. The number of amides is 3. The number of anilines is 1. The minimum atomic E-state index is -0.469. The summed E-state index contributed by atoms with van der Waals surface area (Å²) in [6, 6.07) is 7.27. The van der Waals surface area contributed by atoms with Crippen LogP contribution in [0, 0.1) is 5.92 Å².